The van der Waals surface area contributed by atoms with E-state index >= 15 is 0 Å². The van der Waals surface area contributed by atoms with Crippen LogP contribution in [0.3, 0.4) is 0 Å². The van der Waals surface area contributed by atoms with E-state index in [9.17, 15) is 9.18 Å². The van der Waals surface area contributed by atoms with Crippen LogP contribution in [0.25, 0.3) is 0 Å². The number of halogens is 1. The van der Waals surface area contributed by atoms with Crippen molar-refractivity contribution in [2.45, 2.75) is 23.8 Å². The first-order valence-electron chi connectivity index (χ1n) is 7.04. The molecule has 2 aromatic rings. The van der Waals surface area contributed by atoms with Crippen LogP contribution in [0, 0.1) is 5.82 Å². The highest BCUT2D eigenvalue weighted by Crippen LogP contribution is 2.25. The molecule has 1 unspecified atom stereocenters. The predicted molar refractivity (Wildman–Crippen MR) is 80.8 cm³/mol. The Hall–Kier alpha value is -1.89. The van der Waals surface area contributed by atoms with Gasteiger partial charge in [-0.25, -0.2) is 4.39 Å². The van der Waals surface area contributed by atoms with Gasteiger partial charge in [0.15, 0.2) is 5.82 Å². The molecule has 3 rings (SSSR count). The van der Waals surface area contributed by atoms with Gasteiger partial charge >= 0.3 is 0 Å². The fraction of sp³-hybridized carbons (Fsp3) is 0.400. The van der Waals surface area contributed by atoms with E-state index in [4.69, 9.17) is 4.52 Å². The summed E-state index contributed by atoms with van der Waals surface area (Å²) in [6.45, 7) is 0.802. The maximum absolute atomic E-state index is 12.9. The zero-order chi connectivity index (χ0) is 15.5. The van der Waals surface area contributed by atoms with Crippen molar-refractivity contribution >= 4 is 17.7 Å². The average molecular weight is 321 g/mol. The van der Waals surface area contributed by atoms with Gasteiger partial charge in [-0.3, -0.25) is 4.79 Å². The van der Waals surface area contributed by atoms with Crippen molar-refractivity contribution < 1.29 is 13.7 Å². The lowest BCUT2D eigenvalue weighted by molar-refractivity contribution is -0.126. The van der Waals surface area contributed by atoms with Gasteiger partial charge < -0.3 is 9.42 Å². The molecule has 1 aromatic heterocycles. The van der Waals surface area contributed by atoms with E-state index in [0.29, 0.717) is 23.9 Å². The normalized spacial score (nSPS) is 18.2. The first kappa shape index (κ1) is 15.0. The molecule has 116 valence electrons. The van der Waals surface area contributed by atoms with Gasteiger partial charge in [-0.15, -0.1) is 11.8 Å². The van der Waals surface area contributed by atoms with Crippen molar-refractivity contribution in [3.8, 4) is 0 Å². The Morgan fingerprint density at radius 2 is 2.18 bits per heavy atom. The SMILES string of the molecule is CN1CCC(SCc2nc(Cc3ccc(F)cc3)no2)C1=O. The van der Waals surface area contributed by atoms with Gasteiger partial charge in [0.25, 0.3) is 0 Å². The van der Waals surface area contributed by atoms with Crippen molar-refractivity contribution in [2.75, 3.05) is 13.6 Å². The zero-order valence-corrected chi connectivity index (χ0v) is 13.0. The number of thioether (sulfide) groups is 1. The summed E-state index contributed by atoms with van der Waals surface area (Å²) in [5, 5.41) is 3.91. The molecule has 22 heavy (non-hydrogen) atoms. The lowest BCUT2D eigenvalue weighted by atomic mass is 10.1. The van der Waals surface area contributed by atoms with Gasteiger partial charge in [0.1, 0.15) is 5.82 Å². The molecule has 5 nitrogen and oxygen atoms in total. The topological polar surface area (TPSA) is 59.2 Å². The van der Waals surface area contributed by atoms with E-state index in [1.807, 2.05) is 7.05 Å². The van der Waals surface area contributed by atoms with Gasteiger partial charge in [-0.05, 0) is 24.1 Å². The number of likely N-dealkylation sites (tertiary alicyclic amines) is 1. The molecule has 0 spiro atoms. The van der Waals surface area contributed by atoms with Crippen LogP contribution in [0.5, 0.6) is 0 Å². The fourth-order valence-corrected chi connectivity index (χ4v) is 3.38. The van der Waals surface area contributed by atoms with Crippen molar-refractivity contribution in [3.05, 3.63) is 47.4 Å². The van der Waals surface area contributed by atoms with Crippen LogP contribution in [0.2, 0.25) is 0 Å². The highest BCUT2D eigenvalue weighted by molar-refractivity contribution is 7.99. The monoisotopic (exact) mass is 321 g/mol. The van der Waals surface area contributed by atoms with Crippen LogP contribution < -0.4 is 0 Å². The number of aromatic nitrogens is 2. The zero-order valence-electron chi connectivity index (χ0n) is 12.2. The molecule has 1 amide bonds. The second-order valence-electron chi connectivity index (χ2n) is 5.26. The van der Waals surface area contributed by atoms with Gasteiger partial charge in [0.2, 0.25) is 11.8 Å². The molecule has 1 aliphatic heterocycles. The molecular weight excluding hydrogens is 305 g/mol. The van der Waals surface area contributed by atoms with E-state index in [1.165, 1.54) is 23.9 Å². The van der Waals surface area contributed by atoms with Crippen LogP contribution >= 0.6 is 11.8 Å². The minimum Gasteiger partial charge on any atom is -0.345 e. The number of amides is 1. The molecule has 1 aliphatic rings. The second kappa shape index (κ2) is 6.48. The average Bonchev–Trinajstić information content (AvgIpc) is 3.08. The lowest BCUT2D eigenvalue weighted by Gasteiger charge is -2.08. The Morgan fingerprint density at radius 3 is 2.86 bits per heavy atom. The van der Waals surface area contributed by atoms with E-state index < -0.39 is 0 Å². The van der Waals surface area contributed by atoms with Gasteiger partial charge in [-0.1, -0.05) is 17.3 Å². The Balaban J connectivity index is 1.55. The van der Waals surface area contributed by atoms with Crippen LogP contribution in [0.1, 0.15) is 23.7 Å². The number of nitrogens with zero attached hydrogens (tertiary/aromatic N) is 3. The number of benzene rings is 1. The number of hydrogen-bond donors (Lipinski definition) is 0. The highest BCUT2D eigenvalue weighted by Gasteiger charge is 2.29. The van der Waals surface area contributed by atoms with Crippen LogP contribution in [0.4, 0.5) is 4.39 Å². The molecule has 1 atom stereocenters. The largest absolute Gasteiger partial charge is 0.345 e. The van der Waals surface area contributed by atoms with Crippen LogP contribution in [0.15, 0.2) is 28.8 Å². The molecule has 1 saturated heterocycles. The quantitative estimate of drug-likeness (QED) is 0.845. The van der Waals surface area contributed by atoms with Crippen molar-refractivity contribution in [1.82, 2.24) is 15.0 Å². The third kappa shape index (κ3) is 3.47. The van der Waals surface area contributed by atoms with E-state index in [1.54, 1.807) is 17.0 Å². The Labute approximate surface area is 131 Å². The summed E-state index contributed by atoms with van der Waals surface area (Å²) in [5.74, 6) is 1.51. The standard InChI is InChI=1S/C15H16FN3O2S/c1-19-7-6-12(15(19)20)22-9-14-17-13(18-21-14)8-10-2-4-11(16)5-3-10/h2-5,12H,6-9H2,1H3. The van der Waals surface area contributed by atoms with Crippen LogP contribution in [-0.4, -0.2) is 39.8 Å². The maximum atomic E-state index is 12.9. The summed E-state index contributed by atoms with van der Waals surface area (Å²) in [6, 6.07) is 6.23. The molecule has 0 saturated carbocycles. The first-order chi connectivity index (χ1) is 10.6. The molecule has 0 N–H and O–H groups in total. The fourth-order valence-electron chi connectivity index (χ4n) is 2.32. The summed E-state index contributed by atoms with van der Waals surface area (Å²) >= 11 is 1.53. The van der Waals surface area contributed by atoms with Crippen molar-refractivity contribution in [1.29, 1.82) is 0 Å². The summed E-state index contributed by atoms with van der Waals surface area (Å²) in [6.07, 6.45) is 1.36. The van der Waals surface area contributed by atoms with Crippen molar-refractivity contribution in [2.24, 2.45) is 0 Å². The number of rotatable bonds is 5. The lowest BCUT2D eigenvalue weighted by Crippen LogP contribution is -2.23. The minimum absolute atomic E-state index is 0.0163. The molecule has 1 fully saturated rings. The molecule has 1 aromatic carbocycles. The summed E-state index contributed by atoms with van der Waals surface area (Å²) < 4.78 is 18.1. The van der Waals surface area contributed by atoms with Crippen LogP contribution in [-0.2, 0) is 17.0 Å². The third-order valence-corrected chi connectivity index (χ3v) is 4.83. The molecule has 0 bridgehead atoms. The summed E-state index contributed by atoms with van der Waals surface area (Å²) in [7, 11) is 1.82. The minimum atomic E-state index is -0.264. The molecule has 7 heteroatoms. The van der Waals surface area contributed by atoms with Gasteiger partial charge in [0, 0.05) is 20.0 Å². The molecule has 0 radical (unpaired) electrons. The van der Waals surface area contributed by atoms with Gasteiger partial charge in [0.05, 0.1) is 11.0 Å². The highest BCUT2D eigenvalue weighted by atomic mass is 32.2. The van der Waals surface area contributed by atoms with E-state index in [0.717, 1.165) is 18.5 Å². The molecule has 2 heterocycles. The maximum Gasteiger partial charge on any atom is 0.236 e. The summed E-state index contributed by atoms with van der Waals surface area (Å²) in [4.78, 5) is 17.9. The predicted octanol–water partition coefficient (Wildman–Crippen LogP) is 2.26. The van der Waals surface area contributed by atoms with E-state index in [2.05, 4.69) is 10.1 Å². The van der Waals surface area contributed by atoms with Gasteiger partial charge in [-0.2, -0.15) is 4.98 Å². The summed E-state index contributed by atoms with van der Waals surface area (Å²) in [5.41, 5.74) is 0.925. The number of carbonyl (C=O) groups is 1. The second-order valence-corrected chi connectivity index (χ2v) is 6.45. The molecule has 0 aliphatic carbocycles. The smallest absolute Gasteiger partial charge is 0.236 e. The number of carbonyl (C=O) groups excluding carboxylic acids is 1. The Morgan fingerprint density at radius 1 is 1.41 bits per heavy atom. The molecular formula is C15H16FN3O2S. The third-order valence-electron chi connectivity index (χ3n) is 3.57. The Kier molecular flexibility index (Phi) is 4.42. The van der Waals surface area contributed by atoms with E-state index in [-0.39, 0.29) is 17.0 Å². The first-order valence-corrected chi connectivity index (χ1v) is 8.09. The number of hydrogen-bond acceptors (Lipinski definition) is 5. The Bertz CT molecular complexity index is 659. The van der Waals surface area contributed by atoms with Crippen molar-refractivity contribution in [3.63, 3.8) is 0 Å².